The van der Waals surface area contributed by atoms with Gasteiger partial charge < -0.3 is 19.7 Å². The van der Waals surface area contributed by atoms with Gasteiger partial charge in [-0.15, -0.1) is 0 Å². The van der Waals surface area contributed by atoms with E-state index in [1.54, 1.807) is 19.2 Å². The molecule has 0 aliphatic carbocycles. The number of nitrogens with zero attached hydrogens (tertiary/aromatic N) is 5. The molecule has 0 spiro atoms. The number of hydrogen-bond donors (Lipinski definition) is 2. The lowest BCUT2D eigenvalue weighted by Crippen LogP contribution is -2.68. The molecule has 0 bridgehead atoms. The zero-order chi connectivity index (χ0) is 34.4. The van der Waals surface area contributed by atoms with Crippen LogP contribution in [0.15, 0.2) is 48.7 Å². The fraction of sp³-hybridized carbons (Fsp3) is 0.333. The van der Waals surface area contributed by atoms with E-state index in [0.29, 0.717) is 74.8 Å². The van der Waals surface area contributed by atoms with Gasteiger partial charge in [0.15, 0.2) is 5.60 Å². The number of ether oxygens (including phenoxy) is 2. The first kappa shape index (κ1) is 33.9. The number of β-amino-alcohol motifs (C(OH)–C–C–N with tert-alkyl or cyclic N) is 1. The highest BCUT2D eigenvalue weighted by molar-refractivity contribution is 6.39. The molecule has 0 saturated carbocycles. The van der Waals surface area contributed by atoms with Gasteiger partial charge in [0.05, 0.1) is 48.4 Å². The van der Waals surface area contributed by atoms with Crippen LogP contribution in [-0.4, -0.2) is 93.1 Å². The number of aliphatic carboxylic acids is 1. The minimum atomic E-state index is -4.72. The molecular weight excluding hydrogens is 674 g/mol. The van der Waals surface area contributed by atoms with Gasteiger partial charge in [0.1, 0.15) is 5.69 Å². The van der Waals surface area contributed by atoms with Crippen molar-refractivity contribution in [1.82, 2.24) is 24.8 Å². The fourth-order valence-corrected chi connectivity index (χ4v) is 6.75. The van der Waals surface area contributed by atoms with Gasteiger partial charge in [0.25, 0.3) is 0 Å². The minimum Gasteiger partial charge on any atom is -0.481 e. The van der Waals surface area contributed by atoms with E-state index in [1.807, 2.05) is 35.2 Å². The SMILES string of the molecule is COc1nc(-c2cccc(-c3cccc(-c4cc5c(c(OC)n4)CCN(CC(=O)O)C5)c3Cl)c2Cl)cnc1CN1CC(O)(C(F)(F)F)C1. The van der Waals surface area contributed by atoms with Crippen LogP contribution in [0.25, 0.3) is 33.6 Å². The average Bonchev–Trinajstić information content (AvgIpc) is 3.03. The van der Waals surface area contributed by atoms with Gasteiger partial charge in [-0.2, -0.15) is 13.2 Å². The van der Waals surface area contributed by atoms with Crippen molar-refractivity contribution >= 4 is 29.2 Å². The Labute approximate surface area is 283 Å². The van der Waals surface area contributed by atoms with Crippen LogP contribution in [0.2, 0.25) is 10.0 Å². The predicted molar refractivity (Wildman–Crippen MR) is 172 cm³/mol. The van der Waals surface area contributed by atoms with E-state index in [-0.39, 0.29) is 19.0 Å². The molecule has 2 aliphatic rings. The Bertz CT molecular complexity index is 1890. The van der Waals surface area contributed by atoms with Crippen molar-refractivity contribution in [3.63, 3.8) is 0 Å². The maximum absolute atomic E-state index is 13.1. The van der Waals surface area contributed by atoms with E-state index in [9.17, 15) is 28.2 Å². The molecule has 2 N–H and O–H groups in total. The second kappa shape index (κ2) is 13.1. The number of carboxylic acids is 1. The molecular formula is C33H30Cl2F3N5O5. The van der Waals surface area contributed by atoms with Gasteiger partial charge in [-0.25, -0.2) is 9.97 Å². The molecule has 2 aromatic carbocycles. The topological polar surface area (TPSA) is 121 Å². The third kappa shape index (κ3) is 6.40. The van der Waals surface area contributed by atoms with Gasteiger partial charge in [-0.05, 0) is 18.1 Å². The Morgan fingerprint density at radius 1 is 0.938 bits per heavy atom. The number of hydrogen-bond acceptors (Lipinski definition) is 9. The number of aromatic nitrogens is 3. The summed E-state index contributed by atoms with van der Waals surface area (Å²) in [4.78, 5) is 28.3. The highest BCUT2D eigenvalue weighted by Crippen LogP contribution is 2.43. The molecule has 252 valence electrons. The van der Waals surface area contributed by atoms with E-state index < -0.39 is 30.8 Å². The van der Waals surface area contributed by atoms with Gasteiger partial charge in [-0.3, -0.25) is 19.6 Å². The normalized spacial score (nSPS) is 16.2. The van der Waals surface area contributed by atoms with E-state index in [0.717, 1.165) is 11.1 Å². The van der Waals surface area contributed by atoms with Crippen molar-refractivity contribution in [2.75, 3.05) is 40.4 Å². The quantitative estimate of drug-likeness (QED) is 0.223. The van der Waals surface area contributed by atoms with Crippen LogP contribution in [0, 0.1) is 0 Å². The van der Waals surface area contributed by atoms with Gasteiger partial charge in [0, 0.05) is 60.5 Å². The van der Waals surface area contributed by atoms with Gasteiger partial charge in [0.2, 0.25) is 11.8 Å². The van der Waals surface area contributed by atoms with Crippen LogP contribution < -0.4 is 9.47 Å². The first-order valence-electron chi connectivity index (χ1n) is 14.8. The molecule has 4 heterocycles. The fourth-order valence-electron chi connectivity index (χ4n) is 6.10. The Hall–Kier alpha value is -4.01. The molecule has 6 rings (SSSR count). The number of carbonyl (C=O) groups is 1. The number of likely N-dealkylation sites (tertiary alicyclic amines) is 1. The molecule has 4 aromatic rings. The van der Waals surface area contributed by atoms with Crippen molar-refractivity contribution in [1.29, 1.82) is 0 Å². The highest BCUT2D eigenvalue weighted by Gasteiger charge is 2.60. The lowest BCUT2D eigenvalue weighted by molar-refractivity contribution is -0.302. The summed E-state index contributed by atoms with van der Waals surface area (Å²) in [5.74, 6) is -0.324. The van der Waals surface area contributed by atoms with Crippen LogP contribution >= 0.6 is 23.2 Å². The summed E-state index contributed by atoms with van der Waals surface area (Å²) >= 11 is 14.0. The summed E-state index contributed by atoms with van der Waals surface area (Å²) in [6, 6.07) is 12.7. The number of pyridine rings is 1. The van der Waals surface area contributed by atoms with Crippen molar-refractivity contribution < 1.29 is 37.7 Å². The number of methoxy groups -OCH3 is 2. The summed E-state index contributed by atoms with van der Waals surface area (Å²) in [5, 5.41) is 19.8. The molecule has 10 nitrogen and oxygen atoms in total. The first-order chi connectivity index (χ1) is 22.8. The van der Waals surface area contributed by atoms with Crippen molar-refractivity contribution in [3.8, 4) is 45.4 Å². The molecule has 2 aromatic heterocycles. The molecule has 15 heteroatoms. The summed E-state index contributed by atoms with van der Waals surface area (Å²) in [7, 11) is 2.93. The summed E-state index contributed by atoms with van der Waals surface area (Å²) in [6.45, 7) is -0.221. The highest BCUT2D eigenvalue weighted by atomic mass is 35.5. The summed E-state index contributed by atoms with van der Waals surface area (Å²) in [6.07, 6.45) is -2.65. The third-order valence-electron chi connectivity index (χ3n) is 8.52. The van der Waals surface area contributed by atoms with Crippen LogP contribution in [-0.2, 0) is 24.3 Å². The number of alkyl halides is 3. The molecule has 0 radical (unpaired) electrons. The number of aliphatic hydroxyl groups is 1. The average molecular weight is 705 g/mol. The lowest BCUT2D eigenvalue weighted by atomic mass is 9.93. The monoisotopic (exact) mass is 703 g/mol. The number of carboxylic acid groups (broad SMARTS) is 1. The van der Waals surface area contributed by atoms with Gasteiger partial charge >= 0.3 is 12.1 Å². The molecule has 2 aliphatic heterocycles. The maximum Gasteiger partial charge on any atom is 0.419 e. The molecule has 48 heavy (non-hydrogen) atoms. The van der Waals surface area contributed by atoms with E-state index in [4.69, 9.17) is 37.7 Å². The minimum absolute atomic E-state index is 0.00409. The molecule has 1 saturated heterocycles. The zero-order valence-electron chi connectivity index (χ0n) is 25.8. The van der Waals surface area contributed by atoms with E-state index in [2.05, 4.69) is 9.97 Å². The van der Waals surface area contributed by atoms with Crippen LogP contribution in [0.4, 0.5) is 13.2 Å². The second-order valence-corrected chi connectivity index (χ2v) is 12.5. The second-order valence-electron chi connectivity index (χ2n) is 11.7. The third-order valence-corrected chi connectivity index (χ3v) is 9.33. The van der Waals surface area contributed by atoms with Crippen molar-refractivity contribution in [3.05, 3.63) is 75.5 Å². The Morgan fingerprint density at radius 3 is 2.10 bits per heavy atom. The van der Waals surface area contributed by atoms with Crippen LogP contribution in [0.5, 0.6) is 11.8 Å². The predicted octanol–water partition coefficient (Wildman–Crippen LogP) is 5.75. The first-order valence-corrected chi connectivity index (χ1v) is 15.6. The Balaban J connectivity index is 1.30. The Morgan fingerprint density at radius 2 is 1.52 bits per heavy atom. The zero-order valence-corrected chi connectivity index (χ0v) is 27.3. The molecule has 0 unspecified atom stereocenters. The van der Waals surface area contributed by atoms with E-state index >= 15 is 0 Å². The number of benzene rings is 2. The van der Waals surface area contributed by atoms with Crippen molar-refractivity contribution in [2.45, 2.75) is 31.3 Å². The number of fused-ring (bicyclic) bond motifs is 1. The smallest absolute Gasteiger partial charge is 0.419 e. The summed E-state index contributed by atoms with van der Waals surface area (Å²) < 4.78 is 50.3. The molecule has 1 fully saturated rings. The lowest BCUT2D eigenvalue weighted by Gasteiger charge is -2.46. The van der Waals surface area contributed by atoms with Crippen molar-refractivity contribution in [2.24, 2.45) is 0 Å². The summed E-state index contributed by atoms with van der Waals surface area (Å²) in [5.41, 5.74) is 2.72. The number of rotatable bonds is 9. The largest absolute Gasteiger partial charge is 0.481 e. The van der Waals surface area contributed by atoms with Gasteiger partial charge in [-0.1, -0.05) is 59.6 Å². The Kier molecular flexibility index (Phi) is 9.26. The van der Waals surface area contributed by atoms with E-state index in [1.165, 1.54) is 18.2 Å². The molecule has 0 atom stereocenters. The van der Waals surface area contributed by atoms with Crippen LogP contribution in [0.1, 0.15) is 16.8 Å². The number of halogens is 5. The maximum atomic E-state index is 13.1. The van der Waals surface area contributed by atoms with Crippen LogP contribution in [0.3, 0.4) is 0 Å². The standard InChI is InChI=1S/C33H30Cl2F3N5O5/c1-47-30-19-9-10-42(15-27(44)45)13-18(19)11-24(40-30)22-7-3-5-20(28(22)34)21-6-4-8-23(29(21)35)25-12-39-26(31(41-25)48-2)14-43-16-32(46,17-43)33(36,37)38/h3-8,11-12,46H,9-10,13-17H2,1-2H3,(H,44,45). The molecule has 0 amide bonds.